The number of hydrogen-bond acceptors (Lipinski definition) is 10. The van der Waals surface area contributed by atoms with Crippen molar-refractivity contribution in [3.05, 3.63) is 95.7 Å². The average molecular weight is 720 g/mol. The van der Waals surface area contributed by atoms with Gasteiger partial charge in [0.2, 0.25) is 11.8 Å². The summed E-state index contributed by atoms with van der Waals surface area (Å²) in [6, 6.07) is 23.8. The van der Waals surface area contributed by atoms with E-state index < -0.39 is 11.9 Å². The monoisotopic (exact) mass is 719 g/mol. The zero-order valence-corrected chi connectivity index (χ0v) is 30.1. The minimum atomic E-state index is -0.633. The van der Waals surface area contributed by atoms with Crippen LogP contribution < -0.4 is 15.0 Å². The summed E-state index contributed by atoms with van der Waals surface area (Å²) in [6.07, 6.45) is 4.31. The van der Waals surface area contributed by atoms with Gasteiger partial charge in [0, 0.05) is 56.6 Å². The first-order chi connectivity index (χ1) is 25.3. The first-order valence-corrected chi connectivity index (χ1v) is 18.3. The Labute approximate surface area is 306 Å². The molecule has 5 aromatic rings. The number of pyridine rings is 1. The molecule has 0 aliphatic carbocycles. The number of aryl methyl sites for hydroxylation is 1. The summed E-state index contributed by atoms with van der Waals surface area (Å²) >= 11 is 1.71. The van der Waals surface area contributed by atoms with Crippen LogP contribution in [0.15, 0.2) is 79.0 Å². The van der Waals surface area contributed by atoms with Crippen LogP contribution in [0.3, 0.4) is 0 Å². The summed E-state index contributed by atoms with van der Waals surface area (Å²) < 4.78 is 18.5. The number of aromatic nitrogens is 2. The van der Waals surface area contributed by atoms with Crippen molar-refractivity contribution in [1.29, 1.82) is 0 Å². The van der Waals surface area contributed by atoms with Crippen LogP contribution in [-0.4, -0.2) is 85.8 Å². The maximum atomic E-state index is 12.9. The minimum Gasteiger partial charge on any atom is -0.491 e. The molecule has 0 bridgehead atoms. The lowest BCUT2D eigenvalue weighted by Crippen LogP contribution is -2.52. The van der Waals surface area contributed by atoms with E-state index in [1.807, 2.05) is 37.3 Å². The van der Waals surface area contributed by atoms with E-state index >= 15 is 0 Å². The third-order valence-corrected chi connectivity index (χ3v) is 10.3. The molecule has 2 aliphatic rings. The Hall–Kier alpha value is -5.17. The number of rotatable bonds is 15. The van der Waals surface area contributed by atoms with Gasteiger partial charge >= 0.3 is 0 Å². The predicted octanol–water partition coefficient (Wildman–Crippen LogP) is 5.90. The number of fused-ring (bicyclic) bond motifs is 2. The zero-order chi connectivity index (χ0) is 36.0. The van der Waals surface area contributed by atoms with Gasteiger partial charge in [0.25, 0.3) is 5.91 Å². The van der Waals surface area contributed by atoms with Crippen LogP contribution in [0.1, 0.15) is 40.7 Å². The summed E-state index contributed by atoms with van der Waals surface area (Å²) in [4.78, 5) is 49.6. The van der Waals surface area contributed by atoms with Crippen molar-refractivity contribution >= 4 is 45.1 Å². The molecule has 0 radical (unpaired) electrons. The first kappa shape index (κ1) is 35.2. The van der Waals surface area contributed by atoms with Crippen LogP contribution in [0.2, 0.25) is 0 Å². The highest BCUT2D eigenvalue weighted by Crippen LogP contribution is 2.33. The fraction of sp³-hybridized carbons (Fsp3) is 0.325. The number of nitrogens with zero attached hydrogens (tertiary/aromatic N) is 4. The normalized spacial score (nSPS) is 15.6. The Balaban J connectivity index is 0.786. The molecule has 0 saturated carbocycles. The SMILES string of the molecule is CN(C)c1ccc(-c2ccc(-c3nc4ccc(CCCOCCOCCOc5ccc6c(c5)CN(C5CCC(=O)NC5=O)C6=O)cc4s3)cc2)cn1. The Morgan fingerprint density at radius 2 is 1.63 bits per heavy atom. The summed E-state index contributed by atoms with van der Waals surface area (Å²) in [5.41, 5.74) is 6.96. The molecular weight excluding hydrogens is 679 g/mol. The van der Waals surface area contributed by atoms with Crippen molar-refractivity contribution in [2.45, 2.75) is 38.3 Å². The van der Waals surface area contributed by atoms with Crippen LogP contribution in [0.4, 0.5) is 5.82 Å². The Morgan fingerprint density at radius 3 is 2.40 bits per heavy atom. The van der Waals surface area contributed by atoms with Gasteiger partial charge in [-0.15, -0.1) is 11.3 Å². The molecule has 268 valence electrons. The summed E-state index contributed by atoms with van der Waals surface area (Å²) in [5, 5.41) is 3.33. The highest BCUT2D eigenvalue weighted by molar-refractivity contribution is 7.21. The minimum absolute atomic E-state index is 0.200. The van der Waals surface area contributed by atoms with Gasteiger partial charge in [-0.05, 0) is 78.4 Å². The van der Waals surface area contributed by atoms with Gasteiger partial charge in [-0.25, -0.2) is 9.97 Å². The molecule has 1 N–H and O–H groups in total. The number of imide groups is 1. The summed E-state index contributed by atoms with van der Waals surface area (Å²) in [5.74, 6) is 0.654. The van der Waals surface area contributed by atoms with Crippen LogP contribution >= 0.6 is 11.3 Å². The highest BCUT2D eigenvalue weighted by atomic mass is 32.1. The van der Waals surface area contributed by atoms with Gasteiger partial charge in [0.1, 0.15) is 29.2 Å². The average Bonchev–Trinajstić information content (AvgIpc) is 3.72. The van der Waals surface area contributed by atoms with Gasteiger partial charge in [-0.1, -0.05) is 30.3 Å². The molecule has 7 rings (SSSR count). The molecule has 1 unspecified atom stereocenters. The van der Waals surface area contributed by atoms with Crippen molar-refractivity contribution in [3.63, 3.8) is 0 Å². The number of amides is 3. The second-order valence-corrected chi connectivity index (χ2v) is 14.1. The quantitative estimate of drug-likeness (QED) is 0.104. The number of benzene rings is 3. The van der Waals surface area contributed by atoms with Crippen molar-refractivity contribution in [2.75, 3.05) is 52.0 Å². The largest absolute Gasteiger partial charge is 0.491 e. The summed E-state index contributed by atoms with van der Waals surface area (Å²) in [6.45, 7) is 2.71. The van der Waals surface area contributed by atoms with E-state index in [-0.39, 0.29) is 18.2 Å². The van der Waals surface area contributed by atoms with E-state index in [1.54, 1.807) is 23.5 Å². The van der Waals surface area contributed by atoms with Gasteiger partial charge in [-0.2, -0.15) is 0 Å². The fourth-order valence-electron chi connectivity index (χ4n) is 6.43. The van der Waals surface area contributed by atoms with E-state index in [0.29, 0.717) is 57.3 Å². The van der Waals surface area contributed by atoms with Crippen molar-refractivity contribution < 1.29 is 28.6 Å². The van der Waals surface area contributed by atoms with Crippen LogP contribution in [0.5, 0.6) is 5.75 Å². The van der Waals surface area contributed by atoms with Gasteiger partial charge in [0.05, 0.1) is 30.0 Å². The third-order valence-electron chi connectivity index (χ3n) is 9.24. The number of carbonyl (C=O) groups is 3. The number of ether oxygens (including phenoxy) is 3. The fourth-order valence-corrected chi connectivity index (χ4v) is 7.47. The smallest absolute Gasteiger partial charge is 0.255 e. The number of nitrogens with one attached hydrogen (secondary N) is 1. The number of thiazole rings is 1. The number of hydrogen-bond donors (Lipinski definition) is 1. The van der Waals surface area contributed by atoms with Gasteiger partial charge in [-0.3, -0.25) is 19.7 Å². The number of anilines is 1. The molecule has 3 aromatic carbocycles. The predicted molar refractivity (Wildman–Crippen MR) is 201 cm³/mol. The molecule has 1 fully saturated rings. The number of piperidine rings is 1. The molecule has 1 saturated heterocycles. The van der Waals surface area contributed by atoms with Crippen LogP contribution in [0, 0.1) is 0 Å². The maximum Gasteiger partial charge on any atom is 0.255 e. The highest BCUT2D eigenvalue weighted by Gasteiger charge is 2.39. The molecule has 2 aromatic heterocycles. The molecule has 4 heterocycles. The maximum absolute atomic E-state index is 12.9. The second-order valence-electron chi connectivity index (χ2n) is 13.1. The number of carbonyl (C=O) groups excluding carboxylic acids is 3. The second kappa shape index (κ2) is 16.0. The van der Waals surface area contributed by atoms with Crippen LogP contribution in [0.25, 0.3) is 31.9 Å². The standard InChI is InChI=1S/C40H41N5O6S/c1-44(2)36-15-10-29(24-41-36)27-6-8-28(9-7-27)39-42-33-13-5-26(22-35(33)52-39)4-3-17-49-18-19-50-20-21-51-31-11-12-32-30(23-31)25-45(40(32)48)34-14-16-37(46)43-38(34)47/h5-13,15,22-24,34H,3-4,14,16-21,25H2,1-2H3,(H,43,46,47). The lowest BCUT2D eigenvalue weighted by molar-refractivity contribution is -0.136. The van der Waals surface area contributed by atoms with Gasteiger partial charge in [0.15, 0.2) is 0 Å². The molecule has 11 nitrogen and oxygen atoms in total. The molecule has 1 atom stereocenters. The first-order valence-electron chi connectivity index (χ1n) is 17.5. The Bertz CT molecular complexity index is 2060. The van der Waals surface area contributed by atoms with E-state index in [4.69, 9.17) is 19.2 Å². The topological polar surface area (TPSA) is 123 Å². The van der Waals surface area contributed by atoms with Gasteiger partial charge < -0.3 is 24.0 Å². The molecular formula is C40H41N5O6S. The van der Waals surface area contributed by atoms with Crippen molar-refractivity contribution in [2.24, 2.45) is 0 Å². The lowest BCUT2D eigenvalue weighted by atomic mass is 10.0. The molecule has 12 heteroatoms. The van der Waals surface area contributed by atoms with E-state index in [0.717, 1.165) is 51.4 Å². The van der Waals surface area contributed by atoms with Crippen molar-refractivity contribution in [1.82, 2.24) is 20.2 Å². The lowest BCUT2D eigenvalue weighted by Gasteiger charge is -2.29. The molecule has 2 aliphatic heterocycles. The molecule has 3 amide bonds. The van der Waals surface area contributed by atoms with E-state index in [2.05, 4.69) is 58.8 Å². The zero-order valence-electron chi connectivity index (χ0n) is 29.3. The van der Waals surface area contributed by atoms with Crippen LogP contribution in [-0.2, 0) is 32.0 Å². The van der Waals surface area contributed by atoms with E-state index in [1.165, 1.54) is 15.2 Å². The molecule has 52 heavy (non-hydrogen) atoms. The summed E-state index contributed by atoms with van der Waals surface area (Å²) in [7, 11) is 3.97. The van der Waals surface area contributed by atoms with E-state index in [9.17, 15) is 14.4 Å². The third kappa shape index (κ3) is 8.14. The van der Waals surface area contributed by atoms with Crippen molar-refractivity contribution in [3.8, 4) is 27.4 Å². The Kier molecular flexibility index (Phi) is 10.9. The molecule has 0 spiro atoms. The Morgan fingerprint density at radius 1 is 0.865 bits per heavy atom.